The molecule has 4 N–H and O–H groups in total. The Morgan fingerprint density at radius 1 is 1.28 bits per heavy atom. The molecule has 102 valence electrons. The largest absolute Gasteiger partial charge is 0.480 e. The first kappa shape index (κ1) is 14.4. The minimum atomic E-state index is -1.03. The third-order valence-corrected chi connectivity index (χ3v) is 2.89. The summed E-state index contributed by atoms with van der Waals surface area (Å²) in [6, 6.07) is -0.647. The van der Waals surface area contributed by atoms with Gasteiger partial charge in [-0.25, -0.2) is 0 Å². The van der Waals surface area contributed by atoms with Gasteiger partial charge in [0.15, 0.2) is 0 Å². The normalized spacial score (nSPS) is 16.6. The number of likely N-dealkylation sites (tertiary alicyclic amines) is 1. The summed E-state index contributed by atoms with van der Waals surface area (Å²) in [5, 5.41) is 11.3. The van der Waals surface area contributed by atoms with Crippen LogP contribution in [0, 0.1) is 0 Å². The molecule has 1 fully saturated rings. The van der Waals surface area contributed by atoms with Gasteiger partial charge in [0.1, 0.15) is 0 Å². The molecule has 7 nitrogen and oxygen atoms in total. The summed E-state index contributed by atoms with van der Waals surface area (Å²) in [6.45, 7) is 1.09. The van der Waals surface area contributed by atoms with Gasteiger partial charge in [0.2, 0.25) is 11.8 Å². The third-order valence-electron chi connectivity index (χ3n) is 2.89. The summed E-state index contributed by atoms with van der Waals surface area (Å²) < 4.78 is 0. The molecule has 1 aliphatic rings. The zero-order valence-electron chi connectivity index (χ0n) is 10.2. The van der Waals surface area contributed by atoms with E-state index >= 15 is 0 Å². The highest BCUT2D eigenvalue weighted by Gasteiger charge is 2.26. The fourth-order valence-corrected chi connectivity index (χ4v) is 1.97. The first-order valence-corrected chi connectivity index (χ1v) is 6.03. The molecule has 1 unspecified atom stereocenters. The molecule has 2 amide bonds. The van der Waals surface area contributed by atoms with E-state index in [1.165, 1.54) is 0 Å². The van der Waals surface area contributed by atoms with Crippen LogP contribution in [0.15, 0.2) is 0 Å². The van der Waals surface area contributed by atoms with Crippen molar-refractivity contribution in [3.63, 3.8) is 0 Å². The Balaban J connectivity index is 2.53. The number of hydrogen-bond acceptors (Lipinski definition) is 4. The van der Waals surface area contributed by atoms with E-state index in [1.54, 1.807) is 4.90 Å². The molecule has 0 spiro atoms. The second-order valence-corrected chi connectivity index (χ2v) is 4.36. The lowest BCUT2D eigenvalue weighted by Crippen LogP contribution is -2.47. The minimum Gasteiger partial charge on any atom is -0.480 e. The van der Waals surface area contributed by atoms with Crippen molar-refractivity contribution in [1.29, 1.82) is 0 Å². The quantitative estimate of drug-likeness (QED) is 0.537. The number of amides is 2. The van der Waals surface area contributed by atoms with E-state index in [4.69, 9.17) is 10.8 Å². The smallest absolute Gasteiger partial charge is 0.317 e. The molecular weight excluding hydrogens is 238 g/mol. The third kappa shape index (κ3) is 4.70. The molecule has 0 bridgehead atoms. The number of rotatable bonds is 7. The van der Waals surface area contributed by atoms with Crippen LogP contribution >= 0.6 is 0 Å². The molecule has 1 saturated heterocycles. The van der Waals surface area contributed by atoms with Gasteiger partial charge in [-0.15, -0.1) is 0 Å². The maximum Gasteiger partial charge on any atom is 0.317 e. The highest BCUT2D eigenvalue weighted by molar-refractivity contribution is 5.84. The monoisotopic (exact) mass is 257 g/mol. The number of carboxylic acids is 1. The first-order chi connectivity index (χ1) is 8.50. The van der Waals surface area contributed by atoms with Crippen molar-refractivity contribution in [2.75, 3.05) is 19.6 Å². The number of hydrogen-bond donors (Lipinski definition) is 3. The van der Waals surface area contributed by atoms with Gasteiger partial charge in [-0.3, -0.25) is 19.7 Å². The maximum absolute atomic E-state index is 12.1. The van der Waals surface area contributed by atoms with Gasteiger partial charge in [-0.05, 0) is 19.3 Å². The molecule has 7 heteroatoms. The van der Waals surface area contributed by atoms with Gasteiger partial charge in [0.05, 0.1) is 12.6 Å². The zero-order valence-corrected chi connectivity index (χ0v) is 10.2. The second kappa shape index (κ2) is 6.95. The van der Waals surface area contributed by atoms with Crippen molar-refractivity contribution >= 4 is 17.8 Å². The molecule has 1 rings (SSSR count). The van der Waals surface area contributed by atoms with E-state index < -0.39 is 17.9 Å². The molecule has 1 aliphatic heterocycles. The van der Waals surface area contributed by atoms with E-state index in [0.717, 1.165) is 12.8 Å². The fourth-order valence-electron chi connectivity index (χ4n) is 1.97. The number of primary amides is 1. The van der Waals surface area contributed by atoms with Gasteiger partial charge in [0, 0.05) is 19.5 Å². The summed E-state index contributed by atoms with van der Waals surface area (Å²) in [7, 11) is 0. The summed E-state index contributed by atoms with van der Waals surface area (Å²) in [6.07, 6.45) is 2.23. The lowest BCUT2D eigenvalue weighted by Gasteiger charge is -2.23. The molecule has 1 atom stereocenters. The Hall–Kier alpha value is -1.63. The van der Waals surface area contributed by atoms with Crippen LogP contribution in [0.4, 0.5) is 0 Å². The summed E-state index contributed by atoms with van der Waals surface area (Å²) >= 11 is 0. The molecule has 0 aromatic carbocycles. The van der Waals surface area contributed by atoms with E-state index in [0.29, 0.717) is 13.1 Å². The Kier molecular flexibility index (Phi) is 5.57. The van der Waals surface area contributed by atoms with Crippen molar-refractivity contribution in [1.82, 2.24) is 10.2 Å². The predicted octanol–water partition coefficient (Wildman–Crippen LogP) is -1.08. The van der Waals surface area contributed by atoms with Crippen LogP contribution in [-0.2, 0) is 14.4 Å². The highest BCUT2D eigenvalue weighted by Crippen LogP contribution is 2.11. The van der Waals surface area contributed by atoms with E-state index in [2.05, 4.69) is 5.32 Å². The lowest BCUT2D eigenvalue weighted by molar-refractivity contribution is -0.137. The highest BCUT2D eigenvalue weighted by atomic mass is 16.4. The van der Waals surface area contributed by atoms with Crippen molar-refractivity contribution in [2.24, 2.45) is 5.73 Å². The Bertz CT molecular complexity index is 308. The SMILES string of the molecule is NC(=O)CCC(NCC(=O)O)C(=O)N1CCCC1. The number of nitrogens with zero attached hydrogens (tertiary/aromatic N) is 1. The summed E-state index contributed by atoms with van der Waals surface area (Å²) in [4.78, 5) is 35.0. The van der Waals surface area contributed by atoms with Crippen LogP contribution in [0.25, 0.3) is 0 Å². The summed E-state index contributed by atoms with van der Waals surface area (Å²) in [5.41, 5.74) is 5.04. The van der Waals surface area contributed by atoms with Gasteiger partial charge < -0.3 is 15.7 Å². The summed E-state index contributed by atoms with van der Waals surface area (Å²) in [5.74, 6) is -1.67. The van der Waals surface area contributed by atoms with Crippen LogP contribution in [0.3, 0.4) is 0 Å². The molecule has 0 aromatic rings. The van der Waals surface area contributed by atoms with Gasteiger partial charge in [0.25, 0.3) is 0 Å². The molecule has 1 heterocycles. The minimum absolute atomic E-state index is 0.0663. The molecule has 0 aromatic heterocycles. The van der Waals surface area contributed by atoms with Crippen molar-refractivity contribution < 1.29 is 19.5 Å². The molecule has 0 aliphatic carbocycles. The van der Waals surface area contributed by atoms with E-state index in [1.807, 2.05) is 0 Å². The van der Waals surface area contributed by atoms with Crippen molar-refractivity contribution in [2.45, 2.75) is 31.7 Å². The van der Waals surface area contributed by atoms with Crippen LogP contribution in [0.2, 0.25) is 0 Å². The Morgan fingerprint density at radius 2 is 1.89 bits per heavy atom. The molecule has 18 heavy (non-hydrogen) atoms. The van der Waals surface area contributed by atoms with Crippen LogP contribution in [0.1, 0.15) is 25.7 Å². The lowest BCUT2D eigenvalue weighted by atomic mass is 10.1. The topological polar surface area (TPSA) is 113 Å². The average molecular weight is 257 g/mol. The fraction of sp³-hybridized carbons (Fsp3) is 0.727. The standard InChI is InChI=1S/C11H19N3O4/c12-9(15)4-3-8(13-7-10(16)17)11(18)14-5-1-2-6-14/h8,13H,1-7H2,(H2,12,15)(H,16,17). The zero-order chi connectivity index (χ0) is 13.5. The Labute approximate surface area is 105 Å². The number of nitrogens with two attached hydrogens (primary N) is 1. The van der Waals surface area contributed by atoms with E-state index in [-0.39, 0.29) is 25.3 Å². The number of aliphatic carboxylic acids is 1. The van der Waals surface area contributed by atoms with Crippen LogP contribution in [0.5, 0.6) is 0 Å². The Morgan fingerprint density at radius 3 is 2.39 bits per heavy atom. The average Bonchev–Trinajstić information content (AvgIpc) is 2.81. The van der Waals surface area contributed by atoms with Gasteiger partial charge in [-0.1, -0.05) is 0 Å². The second-order valence-electron chi connectivity index (χ2n) is 4.36. The number of nitrogens with one attached hydrogen (secondary N) is 1. The molecule has 0 radical (unpaired) electrons. The van der Waals surface area contributed by atoms with Crippen molar-refractivity contribution in [3.8, 4) is 0 Å². The predicted molar refractivity (Wildman–Crippen MR) is 63.7 cm³/mol. The molecular formula is C11H19N3O4. The first-order valence-electron chi connectivity index (χ1n) is 6.03. The van der Waals surface area contributed by atoms with Crippen LogP contribution < -0.4 is 11.1 Å². The maximum atomic E-state index is 12.1. The van der Waals surface area contributed by atoms with Gasteiger partial charge in [-0.2, -0.15) is 0 Å². The van der Waals surface area contributed by atoms with Crippen molar-refractivity contribution in [3.05, 3.63) is 0 Å². The van der Waals surface area contributed by atoms with Gasteiger partial charge >= 0.3 is 5.97 Å². The molecule has 0 saturated carbocycles. The number of carboxylic acid groups (broad SMARTS) is 1. The van der Waals surface area contributed by atoms with Crippen LogP contribution in [-0.4, -0.2) is 53.5 Å². The van der Waals surface area contributed by atoms with E-state index in [9.17, 15) is 14.4 Å². The number of carbonyl (C=O) groups is 3. The number of carbonyl (C=O) groups excluding carboxylic acids is 2.